The first-order chi connectivity index (χ1) is 7.26. The highest BCUT2D eigenvalue weighted by Crippen LogP contribution is 2.35. The molecule has 3 aliphatic heterocycles. The van der Waals surface area contributed by atoms with Crippen molar-refractivity contribution in [2.24, 2.45) is 11.3 Å². The molecule has 3 heterocycles. The van der Waals surface area contributed by atoms with Crippen molar-refractivity contribution in [1.82, 2.24) is 10.2 Å². The second-order valence-corrected chi connectivity index (χ2v) is 5.84. The summed E-state index contributed by atoms with van der Waals surface area (Å²) in [7, 11) is 0. The second kappa shape index (κ2) is 3.72. The summed E-state index contributed by atoms with van der Waals surface area (Å²) in [6.45, 7) is 9.69. The molecule has 3 saturated heterocycles. The molecule has 0 saturated carbocycles. The molecule has 3 rings (SSSR count). The van der Waals surface area contributed by atoms with Crippen molar-refractivity contribution in [1.29, 1.82) is 0 Å². The SMILES string of the molecule is CC1CC(CN2CC3(CNC3)C2)CCO1. The molecule has 86 valence electrons. The van der Waals surface area contributed by atoms with Crippen LogP contribution in [0.15, 0.2) is 0 Å². The van der Waals surface area contributed by atoms with Gasteiger partial charge in [0, 0.05) is 44.7 Å². The van der Waals surface area contributed by atoms with E-state index in [1.54, 1.807) is 0 Å². The number of likely N-dealkylation sites (tertiary alicyclic amines) is 1. The Morgan fingerprint density at radius 3 is 2.80 bits per heavy atom. The number of rotatable bonds is 2. The molecule has 0 aromatic carbocycles. The summed E-state index contributed by atoms with van der Waals surface area (Å²) in [6.07, 6.45) is 3.03. The first-order valence-electron chi connectivity index (χ1n) is 6.30. The fourth-order valence-electron chi connectivity index (χ4n) is 3.36. The van der Waals surface area contributed by atoms with Gasteiger partial charge in [0.15, 0.2) is 0 Å². The van der Waals surface area contributed by atoms with Crippen molar-refractivity contribution >= 4 is 0 Å². The van der Waals surface area contributed by atoms with Crippen LogP contribution in [0.25, 0.3) is 0 Å². The Morgan fingerprint density at radius 1 is 1.40 bits per heavy atom. The summed E-state index contributed by atoms with van der Waals surface area (Å²) in [5.41, 5.74) is 0.691. The molecule has 3 heteroatoms. The lowest BCUT2D eigenvalue weighted by Gasteiger charge is -2.57. The summed E-state index contributed by atoms with van der Waals surface area (Å²) in [4.78, 5) is 2.64. The molecule has 0 aromatic heterocycles. The highest BCUT2D eigenvalue weighted by atomic mass is 16.5. The smallest absolute Gasteiger partial charge is 0.0550 e. The largest absolute Gasteiger partial charge is 0.378 e. The van der Waals surface area contributed by atoms with Crippen LogP contribution >= 0.6 is 0 Å². The zero-order chi connectivity index (χ0) is 10.3. The van der Waals surface area contributed by atoms with E-state index in [1.165, 1.54) is 45.6 Å². The van der Waals surface area contributed by atoms with Crippen LogP contribution < -0.4 is 5.32 Å². The molecule has 0 amide bonds. The highest BCUT2D eigenvalue weighted by Gasteiger charge is 2.47. The van der Waals surface area contributed by atoms with Crippen molar-refractivity contribution in [3.05, 3.63) is 0 Å². The number of hydrogen-bond acceptors (Lipinski definition) is 3. The molecule has 3 nitrogen and oxygen atoms in total. The van der Waals surface area contributed by atoms with E-state index in [4.69, 9.17) is 4.74 Å². The molecule has 0 bridgehead atoms. The summed E-state index contributed by atoms with van der Waals surface area (Å²) < 4.78 is 5.59. The lowest BCUT2D eigenvalue weighted by Crippen LogP contribution is -2.71. The van der Waals surface area contributed by atoms with Crippen LogP contribution in [0.5, 0.6) is 0 Å². The maximum atomic E-state index is 5.59. The van der Waals surface area contributed by atoms with Crippen molar-refractivity contribution in [2.75, 3.05) is 39.3 Å². The van der Waals surface area contributed by atoms with Gasteiger partial charge in [-0.05, 0) is 25.7 Å². The standard InChI is InChI=1S/C12H22N2O/c1-10-4-11(2-3-15-10)5-14-8-12(9-14)6-13-7-12/h10-11,13H,2-9H2,1H3. The number of hydrogen-bond donors (Lipinski definition) is 1. The summed E-state index contributed by atoms with van der Waals surface area (Å²) in [5.74, 6) is 0.888. The fourth-order valence-corrected chi connectivity index (χ4v) is 3.36. The maximum Gasteiger partial charge on any atom is 0.0550 e. The lowest BCUT2D eigenvalue weighted by atomic mass is 9.74. The Bertz CT molecular complexity index is 232. The predicted octanol–water partition coefficient (Wildman–Crippen LogP) is 0.707. The van der Waals surface area contributed by atoms with Gasteiger partial charge in [0.2, 0.25) is 0 Å². The molecule has 1 spiro atoms. The molecular formula is C12H22N2O. The van der Waals surface area contributed by atoms with E-state index in [0.29, 0.717) is 11.5 Å². The van der Waals surface area contributed by atoms with Crippen molar-refractivity contribution < 1.29 is 4.74 Å². The van der Waals surface area contributed by atoms with Gasteiger partial charge in [0.1, 0.15) is 0 Å². The molecular weight excluding hydrogens is 188 g/mol. The lowest BCUT2D eigenvalue weighted by molar-refractivity contribution is -0.0655. The Hall–Kier alpha value is -0.120. The Balaban J connectivity index is 1.42. The van der Waals surface area contributed by atoms with E-state index in [9.17, 15) is 0 Å². The number of ether oxygens (including phenoxy) is 1. The van der Waals surface area contributed by atoms with Gasteiger partial charge >= 0.3 is 0 Å². The van der Waals surface area contributed by atoms with Crippen LogP contribution in [-0.4, -0.2) is 50.3 Å². The Labute approximate surface area is 92.2 Å². The van der Waals surface area contributed by atoms with Gasteiger partial charge in [-0.2, -0.15) is 0 Å². The number of nitrogens with zero attached hydrogens (tertiary/aromatic N) is 1. The molecule has 0 aromatic rings. The molecule has 3 aliphatic rings. The first kappa shape index (κ1) is 10.1. The van der Waals surface area contributed by atoms with Crippen LogP contribution in [0.3, 0.4) is 0 Å². The third kappa shape index (κ3) is 1.93. The maximum absolute atomic E-state index is 5.59. The van der Waals surface area contributed by atoms with Gasteiger partial charge in [0.25, 0.3) is 0 Å². The average Bonchev–Trinajstić information content (AvgIpc) is 2.07. The van der Waals surface area contributed by atoms with Crippen LogP contribution in [0.4, 0.5) is 0 Å². The van der Waals surface area contributed by atoms with E-state index in [1.807, 2.05) is 0 Å². The van der Waals surface area contributed by atoms with Gasteiger partial charge in [-0.15, -0.1) is 0 Å². The van der Waals surface area contributed by atoms with Crippen LogP contribution in [-0.2, 0) is 4.74 Å². The average molecular weight is 210 g/mol. The van der Waals surface area contributed by atoms with Gasteiger partial charge in [-0.3, -0.25) is 0 Å². The minimum absolute atomic E-state index is 0.490. The molecule has 3 fully saturated rings. The molecule has 2 unspecified atom stereocenters. The minimum atomic E-state index is 0.490. The van der Waals surface area contributed by atoms with Crippen molar-refractivity contribution in [2.45, 2.75) is 25.9 Å². The topological polar surface area (TPSA) is 24.5 Å². The zero-order valence-electron chi connectivity index (χ0n) is 9.67. The van der Waals surface area contributed by atoms with E-state index in [-0.39, 0.29) is 0 Å². The third-order valence-corrected chi connectivity index (χ3v) is 4.23. The Kier molecular flexibility index (Phi) is 2.49. The van der Waals surface area contributed by atoms with Crippen LogP contribution in [0.2, 0.25) is 0 Å². The van der Waals surface area contributed by atoms with E-state index >= 15 is 0 Å². The van der Waals surface area contributed by atoms with E-state index in [0.717, 1.165) is 12.5 Å². The van der Waals surface area contributed by atoms with Crippen LogP contribution in [0.1, 0.15) is 19.8 Å². The van der Waals surface area contributed by atoms with E-state index < -0.39 is 0 Å². The summed E-state index contributed by atoms with van der Waals surface area (Å²) in [5, 5.41) is 3.39. The van der Waals surface area contributed by atoms with Gasteiger partial charge < -0.3 is 15.0 Å². The Morgan fingerprint density at radius 2 is 2.20 bits per heavy atom. The molecule has 15 heavy (non-hydrogen) atoms. The fraction of sp³-hybridized carbons (Fsp3) is 1.00. The predicted molar refractivity (Wildman–Crippen MR) is 59.9 cm³/mol. The zero-order valence-corrected chi connectivity index (χ0v) is 9.67. The molecule has 2 atom stereocenters. The molecule has 0 radical (unpaired) electrons. The second-order valence-electron chi connectivity index (χ2n) is 5.84. The minimum Gasteiger partial charge on any atom is -0.378 e. The number of nitrogens with one attached hydrogen (secondary N) is 1. The monoisotopic (exact) mass is 210 g/mol. The normalized spacial score (nSPS) is 39.8. The quantitative estimate of drug-likeness (QED) is 0.726. The third-order valence-electron chi connectivity index (χ3n) is 4.23. The van der Waals surface area contributed by atoms with Crippen LogP contribution in [0, 0.1) is 11.3 Å². The van der Waals surface area contributed by atoms with Gasteiger partial charge in [-0.25, -0.2) is 0 Å². The van der Waals surface area contributed by atoms with Gasteiger partial charge in [0.05, 0.1) is 6.10 Å². The molecule has 1 N–H and O–H groups in total. The van der Waals surface area contributed by atoms with Crippen molar-refractivity contribution in [3.8, 4) is 0 Å². The summed E-state index contributed by atoms with van der Waals surface area (Å²) >= 11 is 0. The summed E-state index contributed by atoms with van der Waals surface area (Å²) in [6, 6.07) is 0. The van der Waals surface area contributed by atoms with Gasteiger partial charge in [-0.1, -0.05) is 0 Å². The first-order valence-corrected chi connectivity index (χ1v) is 6.30. The van der Waals surface area contributed by atoms with Crippen molar-refractivity contribution in [3.63, 3.8) is 0 Å². The van der Waals surface area contributed by atoms with E-state index in [2.05, 4.69) is 17.1 Å². The highest BCUT2D eigenvalue weighted by molar-refractivity contribution is 5.04. The molecule has 0 aliphatic carbocycles.